The first-order valence-corrected chi connectivity index (χ1v) is 8.34. The second-order valence-corrected chi connectivity index (χ2v) is 6.13. The molecule has 0 bridgehead atoms. The Hall–Kier alpha value is -0.570. The Morgan fingerprint density at radius 3 is 1.70 bits per heavy atom. The van der Waals surface area contributed by atoms with Crippen molar-refractivity contribution in [3.05, 3.63) is 0 Å². The van der Waals surface area contributed by atoms with E-state index in [1.165, 1.54) is 38.5 Å². The van der Waals surface area contributed by atoms with E-state index >= 15 is 0 Å². The highest BCUT2D eigenvalue weighted by atomic mass is 16.5. The van der Waals surface area contributed by atoms with E-state index in [9.17, 15) is 4.79 Å². The number of hydrogen-bond acceptors (Lipinski definition) is 2. The summed E-state index contributed by atoms with van der Waals surface area (Å²) in [6.45, 7) is 9.89. The normalized spacial score (nSPS) is 11.7. The maximum Gasteiger partial charge on any atom is 0.254 e. The van der Waals surface area contributed by atoms with Crippen LogP contribution in [0.5, 0.6) is 0 Å². The molecule has 0 radical (unpaired) electrons. The maximum absolute atomic E-state index is 12.5. The van der Waals surface area contributed by atoms with E-state index in [1.54, 1.807) is 7.11 Å². The van der Waals surface area contributed by atoms with Crippen LogP contribution in [0, 0.1) is 0 Å². The van der Waals surface area contributed by atoms with Crippen molar-refractivity contribution in [2.45, 2.75) is 84.7 Å². The van der Waals surface area contributed by atoms with E-state index in [-0.39, 0.29) is 5.91 Å². The lowest BCUT2D eigenvalue weighted by molar-refractivity contribution is -0.151. The van der Waals surface area contributed by atoms with Gasteiger partial charge in [0.15, 0.2) is 0 Å². The van der Waals surface area contributed by atoms with Crippen LogP contribution in [0.25, 0.3) is 0 Å². The zero-order valence-corrected chi connectivity index (χ0v) is 14.3. The van der Waals surface area contributed by atoms with Crippen molar-refractivity contribution in [2.75, 3.05) is 20.2 Å². The van der Waals surface area contributed by atoms with Crippen molar-refractivity contribution in [1.82, 2.24) is 4.90 Å². The Bertz CT molecular complexity index is 239. The molecule has 0 unspecified atom stereocenters. The zero-order valence-electron chi connectivity index (χ0n) is 14.3. The SMILES string of the molecule is CCCCCCN(CCCCCC)C(=O)C(C)(C)OC. The second kappa shape index (κ2) is 11.1. The number of amides is 1. The average molecular weight is 285 g/mol. The summed E-state index contributed by atoms with van der Waals surface area (Å²) < 4.78 is 5.34. The molecule has 0 saturated heterocycles. The standard InChI is InChI=1S/C17H35NO2/c1-6-8-10-12-14-18(15-13-11-9-7-2)16(19)17(3,4)20-5/h6-15H2,1-5H3. The first kappa shape index (κ1) is 19.4. The molecule has 0 aliphatic heterocycles. The Morgan fingerprint density at radius 2 is 1.35 bits per heavy atom. The number of nitrogens with zero attached hydrogens (tertiary/aromatic N) is 1. The summed E-state index contributed by atoms with van der Waals surface area (Å²) in [5, 5.41) is 0. The van der Waals surface area contributed by atoms with Crippen molar-refractivity contribution in [1.29, 1.82) is 0 Å². The summed E-state index contributed by atoms with van der Waals surface area (Å²) in [6.07, 6.45) is 9.60. The Morgan fingerprint density at radius 1 is 0.900 bits per heavy atom. The number of carbonyl (C=O) groups excluding carboxylic acids is 1. The summed E-state index contributed by atoms with van der Waals surface area (Å²) in [5.41, 5.74) is -0.699. The van der Waals surface area contributed by atoms with Gasteiger partial charge in [0, 0.05) is 20.2 Å². The van der Waals surface area contributed by atoms with Crippen molar-refractivity contribution in [3.8, 4) is 0 Å². The molecule has 0 fully saturated rings. The van der Waals surface area contributed by atoms with E-state index in [0.717, 1.165) is 25.9 Å². The molecule has 0 rings (SSSR count). The number of unbranched alkanes of at least 4 members (excludes halogenated alkanes) is 6. The lowest BCUT2D eigenvalue weighted by Crippen LogP contribution is -2.47. The molecule has 120 valence electrons. The van der Waals surface area contributed by atoms with Crippen LogP contribution in [0.2, 0.25) is 0 Å². The first-order valence-electron chi connectivity index (χ1n) is 8.34. The van der Waals surface area contributed by atoms with Crippen molar-refractivity contribution < 1.29 is 9.53 Å². The quantitative estimate of drug-likeness (QED) is 0.497. The van der Waals surface area contributed by atoms with Gasteiger partial charge in [-0.15, -0.1) is 0 Å². The van der Waals surface area contributed by atoms with E-state index < -0.39 is 5.60 Å². The van der Waals surface area contributed by atoms with Gasteiger partial charge >= 0.3 is 0 Å². The third-order valence-corrected chi connectivity index (χ3v) is 3.88. The molecule has 0 aromatic carbocycles. The van der Waals surface area contributed by atoms with Gasteiger partial charge in [-0.05, 0) is 26.7 Å². The van der Waals surface area contributed by atoms with Crippen LogP contribution in [0.1, 0.15) is 79.1 Å². The van der Waals surface area contributed by atoms with E-state index in [2.05, 4.69) is 13.8 Å². The van der Waals surface area contributed by atoms with Gasteiger partial charge in [-0.1, -0.05) is 52.4 Å². The van der Waals surface area contributed by atoms with Crippen molar-refractivity contribution in [2.24, 2.45) is 0 Å². The molecular weight excluding hydrogens is 250 g/mol. The fraction of sp³-hybridized carbons (Fsp3) is 0.941. The Labute approximate surface area is 126 Å². The number of methoxy groups -OCH3 is 1. The number of hydrogen-bond donors (Lipinski definition) is 0. The zero-order chi connectivity index (χ0) is 15.4. The van der Waals surface area contributed by atoms with E-state index in [1.807, 2.05) is 18.7 Å². The molecule has 1 amide bonds. The molecule has 0 aliphatic rings. The highest BCUT2D eigenvalue weighted by molar-refractivity contribution is 5.84. The van der Waals surface area contributed by atoms with Crippen LogP contribution in [0.3, 0.4) is 0 Å². The fourth-order valence-electron chi connectivity index (χ4n) is 2.24. The first-order chi connectivity index (χ1) is 9.49. The average Bonchev–Trinajstić information content (AvgIpc) is 2.45. The summed E-state index contributed by atoms with van der Waals surface area (Å²) in [4.78, 5) is 14.5. The predicted molar refractivity (Wildman–Crippen MR) is 86.0 cm³/mol. The molecule has 0 heterocycles. The summed E-state index contributed by atoms with van der Waals surface area (Å²) in [5.74, 6) is 0.132. The van der Waals surface area contributed by atoms with Gasteiger partial charge in [0.1, 0.15) is 5.60 Å². The minimum atomic E-state index is -0.699. The van der Waals surface area contributed by atoms with Crippen LogP contribution in [-0.4, -0.2) is 36.6 Å². The van der Waals surface area contributed by atoms with E-state index in [0.29, 0.717) is 0 Å². The molecular formula is C17H35NO2. The second-order valence-electron chi connectivity index (χ2n) is 6.13. The van der Waals surface area contributed by atoms with Gasteiger partial charge in [-0.25, -0.2) is 0 Å². The van der Waals surface area contributed by atoms with Gasteiger partial charge in [0.2, 0.25) is 0 Å². The smallest absolute Gasteiger partial charge is 0.254 e. The highest BCUT2D eigenvalue weighted by Crippen LogP contribution is 2.15. The predicted octanol–water partition coefficient (Wildman–Crippen LogP) is 4.40. The largest absolute Gasteiger partial charge is 0.369 e. The van der Waals surface area contributed by atoms with Gasteiger partial charge in [-0.3, -0.25) is 4.79 Å². The highest BCUT2D eigenvalue weighted by Gasteiger charge is 2.31. The maximum atomic E-state index is 12.5. The van der Waals surface area contributed by atoms with Gasteiger partial charge in [0.25, 0.3) is 5.91 Å². The van der Waals surface area contributed by atoms with Gasteiger partial charge < -0.3 is 9.64 Å². The van der Waals surface area contributed by atoms with Crippen LogP contribution in [-0.2, 0) is 9.53 Å². The molecule has 0 aromatic rings. The lowest BCUT2D eigenvalue weighted by Gasteiger charge is -2.31. The van der Waals surface area contributed by atoms with E-state index in [4.69, 9.17) is 4.74 Å². The van der Waals surface area contributed by atoms with Crippen LogP contribution in [0.15, 0.2) is 0 Å². The third kappa shape index (κ3) is 7.88. The van der Waals surface area contributed by atoms with Crippen LogP contribution in [0.4, 0.5) is 0 Å². The van der Waals surface area contributed by atoms with Crippen LogP contribution < -0.4 is 0 Å². The molecule has 0 atom stereocenters. The molecule has 3 nitrogen and oxygen atoms in total. The van der Waals surface area contributed by atoms with Crippen molar-refractivity contribution >= 4 is 5.91 Å². The molecule has 0 saturated carbocycles. The summed E-state index contributed by atoms with van der Waals surface area (Å²) >= 11 is 0. The monoisotopic (exact) mass is 285 g/mol. The molecule has 0 aromatic heterocycles. The lowest BCUT2D eigenvalue weighted by atomic mass is 10.1. The molecule has 0 N–H and O–H groups in total. The molecule has 0 aliphatic carbocycles. The Kier molecular flexibility index (Phi) is 10.8. The number of carbonyl (C=O) groups is 1. The minimum absolute atomic E-state index is 0.132. The van der Waals surface area contributed by atoms with Gasteiger partial charge in [0.05, 0.1) is 0 Å². The van der Waals surface area contributed by atoms with Gasteiger partial charge in [-0.2, -0.15) is 0 Å². The Balaban J connectivity index is 4.33. The third-order valence-electron chi connectivity index (χ3n) is 3.88. The summed E-state index contributed by atoms with van der Waals surface area (Å²) in [6, 6.07) is 0. The minimum Gasteiger partial charge on any atom is -0.369 e. The molecule has 3 heteroatoms. The topological polar surface area (TPSA) is 29.5 Å². The summed E-state index contributed by atoms with van der Waals surface area (Å²) in [7, 11) is 1.62. The molecule has 20 heavy (non-hydrogen) atoms. The number of rotatable bonds is 12. The van der Waals surface area contributed by atoms with Crippen molar-refractivity contribution in [3.63, 3.8) is 0 Å². The number of ether oxygens (including phenoxy) is 1. The van der Waals surface area contributed by atoms with Crippen LogP contribution >= 0.6 is 0 Å². The fourth-order valence-corrected chi connectivity index (χ4v) is 2.24. The molecule has 0 spiro atoms.